The summed E-state index contributed by atoms with van der Waals surface area (Å²) in [6, 6.07) is 7.60. The number of carbonyl (C=O) groups excluding carboxylic acids is 2. The molecule has 0 aromatic heterocycles. The fourth-order valence-electron chi connectivity index (χ4n) is 3.71. The minimum absolute atomic E-state index is 0.195. The highest BCUT2D eigenvalue weighted by Gasteiger charge is 2.65. The molecule has 3 heterocycles. The number of anilines is 1. The Morgan fingerprint density at radius 3 is 2.76 bits per heavy atom. The lowest BCUT2D eigenvalue weighted by atomic mass is 9.77. The Bertz CT molecular complexity index is 665. The predicted octanol–water partition coefficient (Wildman–Crippen LogP) is 0.0313. The van der Waals surface area contributed by atoms with Gasteiger partial charge in [0.15, 0.2) is 0 Å². The second kappa shape index (κ2) is 3.95. The number of hydrogen-bond donors (Lipinski definition) is 0. The van der Waals surface area contributed by atoms with Crippen molar-refractivity contribution in [1.29, 1.82) is 0 Å². The normalized spacial score (nSPS) is 36.3. The highest BCUT2D eigenvalue weighted by molar-refractivity contribution is 6.02. The maximum Gasteiger partial charge on any atom is 0.234 e. The Hall–Kier alpha value is -2.14. The number of hydrogen-bond acceptors (Lipinski definition) is 4. The van der Waals surface area contributed by atoms with Gasteiger partial charge in [-0.05, 0) is 19.1 Å². The van der Waals surface area contributed by atoms with Crippen LogP contribution in [0.15, 0.2) is 36.4 Å². The highest BCUT2D eigenvalue weighted by Crippen LogP contribution is 2.52. The smallest absolute Gasteiger partial charge is 0.234 e. The van der Waals surface area contributed by atoms with Gasteiger partial charge in [-0.15, -0.1) is 0 Å². The molecule has 0 aliphatic carbocycles. The van der Waals surface area contributed by atoms with Crippen LogP contribution in [-0.4, -0.2) is 30.1 Å². The zero-order chi connectivity index (χ0) is 14.8. The first-order valence-electron chi connectivity index (χ1n) is 6.98. The van der Waals surface area contributed by atoms with Crippen LogP contribution < -0.4 is 10.0 Å². The van der Waals surface area contributed by atoms with E-state index in [4.69, 9.17) is 4.74 Å². The number of aryl methyl sites for hydroxylation is 1. The molecule has 4 rings (SSSR count). The Morgan fingerprint density at radius 2 is 2.10 bits per heavy atom. The number of nitrogens with zero attached hydrogens (tertiary/aromatic N) is 1. The molecule has 1 aromatic carbocycles. The number of benzene rings is 1. The number of carboxylic acid groups (broad SMARTS) is 1. The lowest BCUT2D eigenvalue weighted by Crippen LogP contribution is -2.45. The maximum atomic E-state index is 12.7. The molecule has 0 unspecified atom stereocenters. The second-order valence-corrected chi connectivity index (χ2v) is 5.98. The monoisotopic (exact) mass is 284 g/mol. The third-order valence-electron chi connectivity index (χ3n) is 4.72. The number of rotatable bonds is 2. The van der Waals surface area contributed by atoms with Crippen LogP contribution >= 0.6 is 0 Å². The van der Waals surface area contributed by atoms with Crippen molar-refractivity contribution in [3.05, 3.63) is 42.0 Å². The molecule has 1 amide bonds. The Labute approximate surface area is 121 Å². The van der Waals surface area contributed by atoms with Crippen molar-refractivity contribution >= 4 is 17.6 Å². The zero-order valence-electron chi connectivity index (χ0n) is 11.5. The van der Waals surface area contributed by atoms with Crippen LogP contribution in [0.3, 0.4) is 0 Å². The molecule has 3 aliphatic rings. The van der Waals surface area contributed by atoms with Gasteiger partial charge in [0, 0.05) is 17.6 Å². The molecule has 5 heteroatoms. The topological polar surface area (TPSA) is 69.7 Å². The first-order chi connectivity index (χ1) is 10.0. The average Bonchev–Trinajstić information content (AvgIpc) is 3.08. The van der Waals surface area contributed by atoms with Crippen LogP contribution in [0, 0.1) is 18.8 Å². The minimum atomic E-state index is -1.21. The quantitative estimate of drug-likeness (QED) is 0.719. The molecule has 5 nitrogen and oxygen atoms in total. The molecule has 21 heavy (non-hydrogen) atoms. The largest absolute Gasteiger partial charge is 0.550 e. The third kappa shape index (κ3) is 1.55. The van der Waals surface area contributed by atoms with Crippen LogP contribution in [0.1, 0.15) is 5.56 Å². The molecule has 1 aromatic rings. The van der Waals surface area contributed by atoms with E-state index < -0.39 is 29.5 Å². The Morgan fingerprint density at radius 1 is 1.38 bits per heavy atom. The van der Waals surface area contributed by atoms with Gasteiger partial charge in [0.2, 0.25) is 5.91 Å². The third-order valence-corrected chi connectivity index (χ3v) is 4.72. The van der Waals surface area contributed by atoms with Crippen LogP contribution in [0.2, 0.25) is 0 Å². The summed E-state index contributed by atoms with van der Waals surface area (Å²) in [5.74, 6) is -2.98. The number of ether oxygens (including phenoxy) is 1. The molecule has 0 radical (unpaired) electrons. The lowest BCUT2D eigenvalue weighted by molar-refractivity contribution is -0.313. The fraction of sp³-hybridized carbons (Fsp3) is 0.375. The minimum Gasteiger partial charge on any atom is -0.550 e. The molecule has 2 fully saturated rings. The van der Waals surface area contributed by atoms with Crippen LogP contribution in [0.4, 0.5) is 5.69 Å². The van der Waals surface area contributed by atoms with Gasteiger partial charge in [0.1, 0.15) is 5.60 Å². The van der Waals surface area contributed by atoms with Crippen molar-refractivity contribution in [3.8, 4) is 0 Å². The summed E-state index contributed by atoms with van der Waals surface area (Å²) in [4.78, 5) is 25.7. The molecule has 2 saturated heterocycles. The molecular weight excluding hydrogens is 270 g/mol. The molecule has 0 N–H and O–H groups in total. The second-order valence-electron chi connectivity index (χ2n) is 5.98. The van der Waals surface area contributed by atoms with E-state index in [1.54, 1.807) is 11.0 Å². The van der Waals surface area contributed by atoms with E-state index >= 15 is 0 Å². The van der Waals surface area contributed by atoms with Gasteiger partial charge in [0.05, 0.1) is 18.6 Å². The van der Waals surface area contributed by atoms with Crippen LogP contribution in [0.5, 0.6) is 0 Å². The Balaban J connectivity index is 1.73. The van der Waals surface area contributed by atoms with Crippen molar-refractivity contribution in [2.45, 2.75) is 18.6 Å². The van der Waals surface area contributed by atoms with Crippen molar-refractivity contribution in [3.63, 3.8) is 0 Å². The van der Waals surface area contributed by atoms with Gasteiger partial charge in [-0.25, -0.2) is 0 Å². The molecule has 0 saturated carbocycles. The van der Waals surface area contributed by atoms with E-state index in [0.717, 1.165) is 11.3 Å². The first kappa shape index (κ1) is 12.6. The van der Waals surface area contributed by atoms with Crippen LogP contribution in [-0.2, 0) is 14.3 Å². The summed E-state index contributed by atoms with van der Waals surface area (Å²) in [5, 5.41) is 11.4. The number of aliphatic carboxylic acids is 1. The van der Waals surface area contributed by atoms with Gasteiger partial charge in [0.25, 0.3) is 0 Å². The van der Waals surface area contributed by atoms with Gasteiger partial charge in [-0.1, -0.05) is 29.8 Å². The van der Waals surface area contributed by atoms with E-state index in [9.17, 15) is 14.7 Å². The zero-order valence-corrected chi connectivity index (χ0v) is 11.5. The van der Waals surface area contributed by atoms with Crippen molar-refractivity contribution in [2.75, 3.05) is 11.4 Å². The van der Waals surface area contributed by atoms with E-state index in [2.05, 4.69) is 0 Å². The summed E-state index contributed by atoms with van der Waals surface area (Å²) in [6.07, 6.45) is 3.04. The van der Waals surface area contributed by atoms with Crippen molar-refractivity contribution in [1.82, 2.24) is 0 Å². The number of carboxylic acids is 1. The summed E-state index contributed by atoms with van der Waals surface area (Å²) in [5.41, 5.74) is 1.07. The fourth-order valence-corrected chi connectivity index (χ4v) is 3.71. The highest BCUT2D eigenvalue weighted by atomic mass is 16.5. The number of amides is 1. The summed E-state index contributed by atoms with van der Waals surface area (Å²) >= 11 is 0. The molecule has 3 aliphatic heterocycles. The van der Waals surface area contributed by atoms with E-state index in [1.807, 2.05) is 37.3 Å². The summed E-state index contributed by atoms with van der Waals surface area (Å²) in [7, 11) is 0. The van der Waals surface area contributed by atoms with Crippen molar-refractivity contribution < 1.29 is 19.4 Å². The summed E-state index contributed by atoms with van der Waals surface area (Å²) in [6.45, 7) is 2.33. The molecule has 2 bridgehead atoms. The van der Waals surface area contributed by atoms with Crippen LogP contribution in [0.25, 0.3) is 0 Å². The SMILES string of the molecule is Cc1ccc(N2C[C@@]34C=C[C@@H](O3)[C@H](C(=O)[O-])[C@@H]4C2=O)cc1. The summed E-state index contributed by atoms with van der Waals surface area (Å²) < 4.78 is 5.81. The van der Waals surface area contributed by atoms with E-state index in [0.29, 0.717) is 6.54 Å². The van der Waals surface area contributed by atoms with E-state index in [1.165, 1.54) is 0 Å². The van der Waals surface area contributed by atoms with E-state index in [-0.39, 0.29) is 5.91 Å². The lowest BCUT2D eigenvalue weighted by Gasteiger charge is -2.24. The van der Waals surface area contributed by atoms with Gasteiger partial charge < -0.3 is 19.5 Å². The number of carbonyl (C=O) groups is 2. The van der Waals surface area contributed by atoms with Gasteiger partial charge in [-0.3, -0.25) is 4.79 Å². The molecule has 108 valence electrons. The maximum absolute atomic E-state index is 12.7. The molecule has 4 atom stereocenters. The Kier molecular flexibility index (Phi) is 2.37. The molecule has 1 spiro atoms. The van der Waals surface area contributed by atoms with Gasteiger partial charge >= 0.3 is 0 Å². The predicted molar refractivity (Wildman–Crippen MR) is 72.3 cm³/mol. The molecular formula is C16H14NO4-. The average molecular weight is 284 g/mol. The van der Waals surface area contributed by atoms with Gasteiger partial charge in [-0.2, -0.15) is 0 Å². The number of fused-ring (bicyclic) bond motifs is 1. The van der Waals surface area contributed by atoms with Crippen molar-refractivity contribution in [2.24, 2.45) is 11.8 Å². The standard InChI is InChI=1S/C16H15NO4/c1-9-2-4-10(5-3-9)17-8-16-7-6-11(21-16)12(15(19)20)13(16)14(17)18/h2-7,11-13H,8H2,1H3,(H,19,20)/p-1/t11-,12+,13-,16-/m1/s1. The first-order valence-corrected chi connectivity index (χ1v) is 6.98.